The Hall–Kier alpha value is -2.88. The third-order valence-corrected chi connectivity index (χ3v) is 3.19. The van der Waals surface area contributed by atoms with Crippen molar-refractivity contribution in [1.82, 2.24) is 0 Å². The monoisotopic (exact) mass is 278 g/mol. The number of phenolic OH excluding ortho intramolecular Hbond substituents is 1. The van der Waals surface area contributed by atoms with Gasteiger partial charge in [0.25, 0.3) is 0 Å². The number of fused-ring (bicyclic) bond motifs is 1. The van der Waals surface area contributed by atoms with Crippen molar-refractivity contribution in [3.8, 4) is 11.5 Å². The first-order chi connectivity index (χ1) is 10.3. The van der Waals surface area contributed by atoms with E-state index < -0.39 is 0 Å². The second-order valence-electron chi connectivity index (χ2n) is 4.55. The molecule has 0 bridgehead atoms. The van der Waals surface area contributed by atoms with Crippen molar-refractivity contribution in [1.29, 1.82) is 0 Å². The summed E-state index contributed by atoms with van der Waals surface area (Å²) in [5.41, 5.74) is 1.37. The first-order valence-electron chi connectivity index (χ1n) is 6.54. The molecule has 0 radical (unpaired) electrons. The van der Waals surface area contributed by atoms with Crippen LogP contribution in [0.25, 0.3) is 10.8 Å². The summed E-state index contributed by atoms with van der Waals surface area (Å²) in [6, 6.07) is 18.4. The van der Waals surface area contributed by atoms with Gasteiger partial charge in [0, 0.05) is 5.39 Å². The van der Waals surface area contributed by atoms with Crippen LogP contribution in [0.1, 0.15) is 0 Å². The number of nitrogens with zero attached hydrogens (tertiary/aromatic N) is 2. The Morgan fingerprint density at radius 2 is 1.62 bits per heavy atom. The minimum Gasteiger partial charge on any atom is -0.508 e. The molecule has 0 amide bonds. The Morgan fingerprint density at radius 1 is 0.857 bits per heavy atom. The lowest BCUT2D eigenvalue weighted by Crippen LogP contribution is -1.81. The van der Waals surface area contributed by atoms with Crippen LogP contribution in [0.15, 0.2) is 70.9 Å². The van der Waals surface area contributed by atoms with E-state index in [-0.39, 0.29) is 5.75 Å². The van der Waals surface area contributed by atoms with Gasteiger partial charge in [-0.1, -0.05) is 30.3 Å². The molecule has 0 saturated heterocycles. The Labute approximate surface area is 122 Å². The summed E-state index contributed by atoms with van der Waals surface area (Å²) in [5, 5.41) is 20.0. The number of benzene rings is 3. The summed E-state index contributed by atoms with van der Waals surface area (Å²) in [6.45, 7) is 0. The van der Waals surface area contributed by atoms with E-state index in [1.165, 1.54) is 0 Å². The van der Waals surface area contributed by atoms with Crippen molar-refractivity contribution < 1.29 is 9.84 Å². The number of azo groups is 1. The molecular formula is C17H14N2O2. The van der Waals surface area contributed by atoms with Gasteiger partial charge in [-0.2, -0.15) is 0 Å². The molecule has 4 nitrogen and oxygen atoms in total. The van der Waals surface area contributed by atoms with E-state index in [1.54, 1.807) is 19.2 Å². The summed E-state index contributed by atoms with van der Waals surface area (Å²) in [4.78, 5) is 0. The Balaban J connectivity index is 2.05. The number of rotatable bonds is 3. The Morgan fingerprint density at radius 3 is 2.48 bits per heavy atom. The zero-order valence-electron chi connectivity index (χ0n) is 11.5. The summed E-state index contributed by atoms with van der Waals surface area (Å²) in [7, 11) is 1.60. The number of para-hydroxylation sites is 1. The number of phenols is 1. The van der Waals surface area contributed by atoms with Crippen LogP contribution in [0.4, 0.5) is 11.4 Å². The summed E-state index contributed by atoms with van der Waals surface area (Å²) in [5.74, 6) is 0.881. The van der Waals surface area contributed by atoms with E-state index in [0.717, 1.165) is 10.8 Å². The van der Waals surface area contributed by atoms with Crippen LogP contribution in [-0.4, -0.2) is 12.2 Å². The maximum Gasteiger partial charge on any atom is 0.146 e. The van der Waals surface area contributed by atoms with Gasteiger partial charge in [-0.05, 0) is 35.7 Å². The molecule has 0 saturated carbocycles. The fourth-order valence-electron chi connectivity index (χ4n) is 2.15. The fraction of sp³-hybridized carbons (Fsp3) is 0.0588. The largest absolute Gasteiger partial charge is 0.508 e. The molecule has 3 aromatic carbocycles. The summed E-state index contributed by atoms with van der Waals surface area (Å²) < 4.78 is 5.25. The molecule has 21 heavy (non-hydrogen) atoms. The molecule has 3 rings (SSSR count). The number of hydrogen-bond acceptors (Lipinski definition) is 4. The van der Waals surface area contributed by atoms with E-state index >= 15 is 0 Å². The average Bonchev–Trinajstić information content (AvgIpc) is 2.53. The number of hydrogen-bond donors (Lipinski definition) is 1. The van der Waals surface area contributed by atoms with Crippen LogP contribution < -0.4 is 4.74 Å². The average molecular weight is 278 g/mol. The minimum absolute atomic E-state index is 0.211. The maximum atomic E-state index is 9.63. The van der Waals surface area contributed by atoms with Gasteiger partial charge in [0.15, 0.2) is 0 Å². The van der Waals surface area contributed by atoms with E-state index in [0.29, 0.717) is 17.1 Å². The summed E-state index contributed by atoms with van der Waals surface area (Å²) in [6.07, 6.45) is 0. The van der Waals surface area contributed by atoms with Crippen molar-refractivity contribution in [2.45, 2.75) is 0 Å². The molecule has 3 aromatic rings. The van der Waals surface area contributed by atoms with Gasteiger partial charge >= 0.3 is 0 Å². The molecule has 0 aliphatic carbocycles. The SMILES string of the molecule is COc1ccccc1/N=N/c1cccc2ccc(O)cc12. The minimum atomic E-state index is 0.211. The van der Waals surface area contributed by atoms with Gasteiger partial charge in [0.2, 0.25) is 0 Å². The van der Waals surface area contributed by atoms with Crippen molar-refractivity contribution in [3.63, 3.8) is 0 Å². The molecule has 0 aromatic heterocycles. The van der Waals surface area contributed by atoms with E-state index in [9.17, 15) is 5.11 Å². The molecule has 4 heteroatoms. The molecular weight excluding hydrogens is 264 g/mol. The standard InChI is InChI=1S/C17H14N2O2/c1-21-17-8-3-2-6-16(17)19-18-15-7-4-5-12-9-10-13(20)11-14(12)15/h2-11,20H,1H3/b19-18+. The second kappa shape index (κ2) is 5.63. The Bertz CT molecular complexity index is 813. The third kappa shape index (κ3) is 2.69. The molecule has 0 spiro atoms. The van der Waals surface area contributed by atoms with Crippen LogP contribution in [0.3, 0.4) is 0 Å². The van der Waals surface area contributed by atoms with Gasteiger partial charge in [0.1, 0.15) is 17.2 Å². The van der Waals surface area contributed by atoms with Gasteiger partial charge in [0.05, 0.1) is 12.8 Å². The molecule has 104 valence electrons. The highest BCUT2D eigenvalue weighted by Gasteiger charge is 2.03. The molecule has 0 unspecified atom stereocenters. The lowest BCUT2D eigenvalue weighted by Gasteiger charge is -2.03. The summed E-state index contributed by atoms with van der Waals surface area (Å²) >= 11 is 0. The predicted molar refractivity (Wildman–Crippen MR) is 82.8 cm³/mol. The number of methoxy groups -OCH3 is 1. The van der Waals surface area contributed by atoms with E-state index in [4.69, 9.17) is 4.74 Å². The van der Waals surface area contributed by atoms with Crippen molar-refractivity contribution in [3.05, 3.63) is 60.7 Å². The smallest absolute Gasteiger partial charge is 0.146 e. The first kappa shape index (κ1) is 13.1. The van der Waals surface area contributed by atoms with Gasteiger partial charge < -0.3 is 9.84 Å². The molecule has 0 fully saturated rings. The Kier molecular flexibility index (Phi) is 3.51. The number of aromatic hydroxyl groups is 1. The normalized spacial score (nSPS) is 11.1. The van der Waals surface area contributed by atoms with Crippen LogP contribution in [0.5, 0.6) is 11.5 Å². The van der Waals surface area contributed by atoms with E-state index in [1.807, 2.05) is 48.5 Å². The third-order valence-electron chi connectivity index (χ3n) is 3.19. The topological polar surface area (TPSA) is 54.2 Å². The van der Waals surface area contributed by atoms with Crippen molar-refractivity contribution in [2.75, 3.05) is 7.11 Å². The lowest BCUT2D eigenvalue weighted by molar-refractivity contribution is 0.416. The first-order valence-corrected chi connectivity index (χ1v) is 6.54. The van der Waals surface area contributed by atoms with E-state index in [2.05, 4.69) is 10.2 Å². The molecule has 0 atom stereocenters. The lowest BCUT2D eigenvalue weighted by atomic mass is 10.1. The van der Waals surface area contributed by atoms with Crippen molar-refractivity contribution >= 4 is 22.1 Å². The molecule has 0 heterocycles. The zero-order valence-corrected chi connectivity index (χ0v) is 11.5. The zero-order chi connectivity index (χ0) is 14.7. The molecule has 0 aliphatic heterocycles. The number of ether oxygens (including phenoxy) is 1. The van der Waals surface area contributed by atoms with Crippen LogP contribution in [-0.2, 0) is 0 Å². The highest BCUT2D eigenvalue weighted by molar-refractivity contribution is 5.93. The maximum absolute atomic E-state index is 9.63. The molecule has 1 N–H and O–H groups in total. The molecule has 0 aliphatic rings. The van der Waals surface area contributed by atoms with Gasteiger partial charge in [-0.3, -0.25) is 0 Å². The van der Waals surface area contributed by atoms with Crippen LogP contribution in [0.2, 0.25) is 0 Å². The van der Waals surface area contributed by atoms with Crippen LogP contribution in [0, 0.1) is 0 Å². The van der Waals surface area contributed by atoms with Crippen molar-refractivity contribution in [2.24, 2.45) is 10.2 Å². The van der Waals surface area contributed by atoms with Gasteiger partial charge in [-0.25, -0.2) is 0 Å². The second-order valence-corrected chi connectivity index (χ2v) is 4.55. The fourth-order valence-corrected chi connectivity index (χ4v) is 2.15. The quantitative estimate of drug-likeness (QED) is 0.688. The van der Waals surface area contributed by atoms with Crippen LogP contribution >= 0.6 is 0 Å². The predicted octanol–water partition coefficient (Wildman–Crippen LogP) is 4.97. The highest BCUT2D eigenvalue weighted by Crippen LogP contribution is 2.32. The highest BCUT2D eigenvalue weighted by atomic mass is 16.5. The van der Waals surface area contributed by atoms with Gasteiger partial charge in [-0.15, -0.1) is 10.2 Å².